The molecule has 0 saturated carbocycles. The number of nitrogens with one attached hydrogen (secondary N) is 2. The largest absolute Gasteiger partial charge is 0.465 e. The van der Waals surface area contributed by atoms with Gasteiger partial charge in [0.1, 0.15) is 16.8 Å². The first kappa shape index (κ1) is 23.8. The van der Waals surface area contributed by atoms with Crippen LogP contribution in [0.5, 0.6) is 0 Å². The maximum atomic E-state index is 13.9. The Labute approximate surface area is 179 Å². The zero-order chi connectivity index (χ0) is 22.1. The molecule has 2 rings (SSSR count). The lowest BCUT2D eigenvalue weighted by atomic mass is 10.1. The molecular weight excluding hydrogens is 431 g/mol. The number of carbonyl (C=O) groups excluding carboxylic acids is 2. The number of rotatable bonds is 10. The van der Waals surface area contributed by atoms with Crippen LogP contribution in [-0.4, -0.2) is 45.5 Å². The standard InChI is InChI=1S/C20H23FN2O5S2/c1-28-20(25)15-9-7-14(8-10-15)13-22-19(24)17(11-12-29-2)23-30(26,27)18-6-4-3-5-16(18)21/h3-10,17,23H,11-13H2,1-2H3,(H,22,24)/t17-/m1/s1. The van der Waals surface area contributed by atoms with Crippen LogP contribution in [0, 0.1) is 5.82 Å². The summed E-state index contributed by atoms with van der Waals surface area (Å²) in [4.78, 5) is 23.6. The minimum atomic E-state index is -4.21. The minimum Gasteiger partial charge on any atom is -0.465 e. The first-order chi connectivity index (χ1) is 14.3. The van der Waals surface area contributed by atoms with Gasteiger partial charge in [-0.05, 0) is 48.3 Å². The average Bonchev–Trinajstić information content (AvgIpc) is 2.74. The summed E-state index contributed by atoms with van der Waals surface area (Å²) in [6, 6.07) is 10.4. The number of methoxy groups -OCH3 is 1. The van der Waals surface area contributed by atoms with E-state index in [4.69, 9.17) is 0 Å². The summed E-state index contributed by atoms with van der Waals surface area (Å²) in [5.74, 6) is -1.35. The predicted molar refractivity (Wildman–Crippen MR) is 113 cm³/mol. The second-order valence-electron chi connectivity index (χ2n) is 6.29. The molecule has 0 aliphatic rings. The van der Waals surface area contributed by atoms with E-state index in [2.05, 4.69) is 14.8 Å². The molecule has 0 unspecified atom stereocenters. The second kappa shape index (κ2) is 11.1. The van der Waals surface area contributed by atoms with Crippen molar-refractivity contribution in [2.75, 3.05) is 19.1 Å². The molecule has 1 amide bonds. The molecule has 2 N–H and O–H groups in total. The number of ether oxygens (including phenoxy) is 1. The van der Waals surface area contributed by atoms with E-state index in [0.29, 0.717) is 11.3 Å². The predicted octanol–water partition coefficient (Wildman–Crippen LogP) is 2.33. The van der Waals surface area contributed by atoms with Gasteiger partial charge in [-0.25, -0.2) is 17.6 Å². The number of halogens is 1. The lowest BCUT2D eigenvalue weighted by molar-refractivity contribution is -0.122. The van der Waals surface area contributed by atoms with Gasteiger partial charge in [0.05, 0.1) is 12.7 Å². The van der Waals surface area contributed by atoms with Crippen LogP contribution in [0.4, 0.5) is 4.39 Å². The van der Waals surface area contributed by atoms with Crippen molar-refractivity contribution in [1.29, 1.82) is 0 Å². The normalized spacial score (nSPS) is 12.2. The summed E-state index contributed by atoms with van der Waals surface area (Å²) in [6.45, 7) is 0.136. The maximum absolute atomic E-state index is 13.9. The Hall–Kier alpha value is -2.43. The third kappa shape index (κ3) is 6.54. The SMILES string of the molecule is COC(=O)c1ccc(CNC(=O)[C@@H](CCSC)NS(=O)(=O)c2ccccc2F)cc1. The number of amides is 1. The monoisotopic (exact) mass is 454 g/mol. The van der Waals surface area contributed by atoms with Crippen molar-refractivity contribution in [1.82, 2.24) is 10.0 Å². The highest BCUT2D eigenvalue weighted by molar-refractivity contribution is 7.98. The summed E-state index contributed by atoms with van der Waals surface area (Å²) >= 11 is 1.46. The second-order valence-corrected chi connectivity index (χ2v) is 8.96. The quantitative estimate of drug-likeness (QED) is 0.535. The summed E-state index contributed by atoms with van der Waals surface area (Å²) in [6.07, 6.45) is 2.07. The molecule has 0 spiro atoms. The van der Waals surface area contributed by atoms with E-state index in [1.165, 1.54) is 31.0 Å². The maximum Gasteiger partial charge on any atom is 0.337 e. The molecule has 10 heteroatoms. The van der Waals surface area contributed by atoms with Gasteiger partial charge in [0.25, 0.3) is 0 Å². The molecule has 0 heterocycles. The molecule has 0 aliphatic carbocycles. The van der Waals surface area contributed by atoms with Gasteiger partial charge < -0.3 is 10.1 Å². The van der Waals surface area contributed by atoms with Crippen LogP contribution in [0.1, 0.15) is 22.3 Å². The first-order valence-corrected chi connectivity index (χ1v) is 11.9. The fourth-order valence-corrected chi connectivity index (χ4v) is 4.36. The van der Waals surface area contributed by atoms with E-state index in [-0.39, 0.29) is 13.0 Å². The third-order valence-electron chi connectivity index (χ3n) is 4.19. The number of esters is 1. The highest BCUT2D eigenvalue weighted by Crippen LogP contribution is 2.15. The van der Waals surface area contributed by atoms with Crippen molar-refractivity contribution in [3.8, 4) is 0 Å². The van der Waals surface area contributed by atoms with Crippen LogP contribution >= 0.6 is 11.8 Å². The lowest BCUT2D eigenvalue weighted by Crippen LogP contribution is -2.46. The molecule has 0 bridgehead atoms. The highest BCUT2D eigenvalue weighted by Gasteiger charge is 2.27. The third-order valence-corrected chi connectivity index (χ3v) is 6.34. The summed E-state index contributed by atoms with van der Waals surface area (Å²) in [5.41, 5.74) is 1.10. The highest BCUT2D eigenvalue weighted by atomic mass is 32.2. The molecule has 1 atom stereocenters. The van der Waals surface area contributed by atoms with E-state index in [0.717, 1.165) is 17.7 Å². The Bertz CT molecular complexity index is 981. The van der Waals surface area contributed by atoms with Crippen LogP contribution in [0.25, 0.3) is 0 Å². The number of hydrogen-bond donors (Lipinski definition) is 2. The van der Waals surface area contributed by atoms with E-state index in [1.54, 1.807) is 24.3 Å². The van der Waals surface area contributed by atoms with Gasteiger partial charge in [-0.3, -0.25) is 4.79 Å². The van der Waals surface area contributed by atoms with Gasteiger partial charge in [-0.1, -0.05) is 24.3 Å². The first-order valence-electron chi connectivity index (χ1n) is 8.99. The fraction of sp³-hybridized carbons (Fsp3) is 0.300. The molecule has 0 aromatic heterocycles. The minimum absolute atomic E-state index is 0.136. The van der Waals surface area contributed by atoms with E-state index >= 15 is 0 Å². The summed E-state index contributed by atoms with van der Waals surface area (Å²) in [5, 5.41) is 2.67. The Morgan fingerprint density at radius 3 is 2.40 bits per heavy atom. The average molecular weight is 455 g/mol. The summed E-state index contributed by atoms with van der Waals surface area (Å²) in [7, 11) is -2.93. The summed E-state index contributed by atoms with van der Waals surface area (Å²) < 4.78 is 46.0. The van der Waals surface area contributed by atoms with Crippen molar-refractivity contribution >= 4 is 33.7 Å². The molecule has 0 saturated heterocycles. The van der Waals surface area contributed by atoms with E-state index in [9.17, 15) is 22.4 Å². The van der Waals surface area contributed by atoms with Gasteiger partial charge in [-0.15, -0.1) is 0 Å². The molecule has 2 aromatic carbocycles. The molecule has 2 aromatic rings. The smallest absolute Gasteiger partial charge is 0.337 e. The van der Waals surface area contributed by atoms with Crippen LogP contribution in [0.2, 0.25) is 0 Å². The van der Waals surface area contributed by atoms with Gasteiger partial charge in [-0.2, -0.15) is 16.5 Å². The zero-order valence-electron chi connectivity index (χ0n) is 16.6. The Morgan fingerprint density at radius 2 is 1.80 bits per heavy atom. The molecule has 0 fully saturated rings. The number of thioether (sulfide) groups is 1. The Kier molecular flexibility index (Phi) is 8.82. The van der Waals surface area contributed by atoms with Crippen molar-refractivity contribution in [2.24, 2.45) is 0 Å². The molecule has 162 valence electrons. The van der Waals surface area contributed by atoms with Crippen molar-refractivity contribution in [3.63, 3.8) is 0 Å². The van der Waals surface area contributed by atoms with Crippen LogP contribution in [0.15, 0.2) is 53.4 Å². The van der Waals surface area contributed by atoms with Gasteiger partial charge in [0, 0.05) is 6.54 Å². The fourth-order valence-electron chi connectivity index (χ4n) is 2.58. The molecule has 7 nitrogen and oxygen atoms in total. The number of benzene rings is 2. The number of hydrogen-bond acceptors (Lipinski definition) is 6. The molecule has 0 aliphatic heterocycles. The Balaban J connectivity index is 2.08. The van der Waals surface area contributed by atoms with Crippen molar-refractivity contribution in [3.05, 3.63) is 65.5 Å². The van der Waals surface area contributed by atoms with E-state index < -0.39 is 38.7 Å². The van der Waals surface area contributed by atoms with Crippen molar-refractivity contribution < 1.29 is 27.1 Å². The molecule has 0 radical (unpaired) electrons. The van der Waals surface area contributed by atoms with Gasteiger partial charge in [0.2, 0.25) is 15.9 Å². The zero-order valence-corrected chi connectivity index (χ0v) is 18.2. The van der Waals surface area contributed by atoms with Crippen LogP contribution in [0.3, 0.4) is 0 Å². The van der Waals surface area contributed by atoms with E-state index in [1.807, 2.05) is 6.26 Å². The number of sulfonamides is 1. The number of carbonyl (C=O) groups is 2. The van der Waals surface area contributed by atoms with Crippen LogP contribution < -0.4 is 10.0 Å². The molecular formula is C20H23FN2O5S2. The lowest BCUT2D eigenvalue weighted by Gasteiger charge is -2.18. The molecule has 30 heavy (non-hydrogen) atoms. The van der Waals surface area contributed by atoms with Gasteiger partial charge in [0.15, 0.2) is 0 Å². The van der Waals surface area contributed by atoms with Gasteiger partial charge >= 0.3 is 5.97 Å². The topological polar surface area (TPSA) is 102 Å². The van der Waals surface area contributed by atoms with Crippen LogP contribution in [-0.2, 0) is 26.1 Å². The Morgan fingerprint density at radius 1 is 1.13 bits per heavy atom. The van der Waals surface area contributed by atoms with Crippen molar-refractivity contribution in [2.45, 2.75) is 23.9 Å².